The molecule has 1 saturated heterocycles. The molecular formula is C32H34N4O2S. The molecule has 1 aliphatic rings. The largest absolute Gasteiger partial charge is 0.369 e. The van der Waals surface area contributed by atoms with Gasteiger partial charge in [-0.3, -0.25) is 14.2 Å². The van der Waals surface area contributed by atoms with E-state index in [4.69, 9.17) is 10.7 Å². The Morgan fingerprint density at radius 3 is 2.03 bits per heavy atom. The lowest BCUT2D eigenvalue weighted by molar-refractivity contribution is -0.134. The van der Waals surface area contributed by atoms with Gasteiger partial charge in [0.2, 0.25) is 11.8 Å². The molecule has 200 valence electrons. The number of nitrogens with zero attached hydrogens (tertiary/aromatic N) is 3. The number of para-hydroxylation sites is 1. The standard InChI is InChI=1S/C32H34N4O2S/c33-31(38)26-19-21-35(22-20-26)28(37)18-10-11-23-39-32-34-29(24-12-4-1-5-13-24)30(25-14-6-2-7-15-25)36(32)27-16-8-3-9-17-27/h1-9,12-17,26H,10-11,18-23H2,(H2,33,38). The zero-order valence-corrected chi connectivity index (χ0v) is 22.9. The first-order valence-electron chi connectivity index (χ1n) is 13.6. The smallest absolute Gasteiger partial charge is 0.222 e. The SMILES string of the molecule is NC(=O)C1CCN(C(=O)CCCCSc2nc(-c3ccccc3)c(-c3ccccc3)n2-c2ccccc2)CC1. The molecule has 7 heteroatoms. The molecule has 0 atom stereocenters. The van der Waals surface area contributed by atoms with E-state index in [9.17, 15) is 9.59 Å². The van der Waals surface area contributed by atoms with Gasteiger partial charge in [-0.15, -0.1) is 0 Å². The monoisotopic (exact) mass is 538 g/mol. The minimum absolute atomic E-state index is 0.0969. The predicted molar refractivity (Wildman–Crippen MR) is 158 cm³/mol. The number of unbranched alkanes of at least 4 members (excludes halogenated alkanes) is 1. The second kappa shape index (κ2) is 12.8. The molecule has 0 bridgehead atoms. The van der Waals surface area contributed by atoms with Crippen LogP contribution in [-0.2, 0) is 9.59 Å². The minimum Gasteiger partial charge on any atom is -0.369 e. The van der Waals surface area contributed by atoms with Crippen molar-refractivity contribution in [3.05, 3.63) is 91.0 Å². The van der Waals surface area contributed by atoms with Crippen molar-refractivity contribution in [3.63, 3.8) is 0 Å². The van der Waals surface area contributed by atoms with Crippen LogP contribution in [-0.4, -0.2) is 45.1 Å². The number of benzene rings is 3. The molecule has 6 nitrogen and oxygen atoms in total. The van der Waals surface area contributed by atoms with Crippen molar-refractivity contribution in [1.29, 1.82) is 0 Å². The molecule has 39 heavy (non-hydrogen) atoms. The molecule has 1 aromatic heterocycles. The van der Waals surface area contributed by atoms with Crippen LogP contribution in [0.4, 0.5) is 0 Å². The van der Waals surface area contributed by atoms with E-state index in [1.165, 1.54) is 0 Å². The third-order valence-electron chi connectivity index (χ3n) is 7.22. The number of hydrogen-bond donors (Lipinski definition) is 1. The van der Waals surface area contributed by atoms with E-state index in [0.29, 0.717) is 32.4 Å². The molecule has 2 amide bonds. The fraction of sp³-hybridized carbons (Fsp3) is 0.281. The average molecular weight is 539 g/mol. The summed E-state index contributed by atoms with van der Waals surface area (Å²) < 4.78 is 2.26. The molecule has 1 aliphatic heterocycles. The number of aromatic nitrogens is 2. The van der Waals surface area contributed by atoms with E-state index in [-0.39, 0.29) is 17.7 Å². The van der Waals surface area contributed by atoms with Crippen LogP contribution in [0.5, 0.6) is 0 Å². The van der Waals surface area contributed by atoms with Gasteiger partial charge in [0, 0.05) is 48.0 Å². The molecule has 2 heterocycles. The summed E-state index contributed by atoms with van der Waals surface area (Å²) in [5.41, 5.74) is 10.7. The third-order valence-corrected chi connectivity index (χ3v) is 8.25. The van der Waals surface area contributed by atoms with E-state index >= 15 is 0 Å². The van der Waals surface area contributed by atoms with Gasteiger partial charge in [0.05, 0.1) is 11.4 Å². The first-order chi connectivity index (χ1) is 19.1. The fourth-order valence-corrected chi connectivity index (χ4v) is 6.10. The normalized spacial score (nSPS) is 13.9. The Morgan fingerprint density at radius 1 is 0.821 bits per heavy atom. The predicted octanol–water partition coefficient (Wildman–Crippen LogP) is 6.19. The lowest BCUT2D eigenvalue weighted by Crippen LogP contribution is -2.41. The van der Waals surface area contributed by atoms with E-state index in [1.807, 2.05) is 35.2 Å². The number of carbonyl (C=O) groups excluding carboxylic acids is 2. The summed E-state index contributed by atoms with van der Waals surface area (Å²) in [6, 6.07) is 31.1. The Hall–Kier alpha value is -3.84. The zero-order chi connectivity index (χ0) is 27.0. The first kappa shape index (κ1) is 26.8. The first-order valence-corrected chi connectivity index (χ1v) is 14.6. The number of hydrogen-bond acceptors (Lipinski definition) is 4. The Labute approximate surface area is 234 Å². The summed E-state index contributed by atoms with van der Waals surface area (Å²) in [4.78, 5) is 31.2. The highest BCUT2D eigenvalue weighted by Gasteiger charge is 2.25. The van der Waals surface area contributed by atoms with E-state index in [1.54, 1.807) is 11.8 Å². The van der Waals surface area contributed by atoms with Crippen LogP contribution in [0.1, 0.15) is 32.1 Å². The summed E-state index contributed by atoms with van der Waals surface area (Å²) in [5.74, 6) is 0.689. The number of piperidine rings is 1. The molecular weight excluding hydrogens is 504 g/mol. The highest BCUT2D eigenvalue weighted by Crippen LogP contribution is 2.38. The van der Waals surface area contributed by atoms with Gasteiger partial charge in [-0.2, -0.15) is 0 Å². The summed E-state index contributed by atoms with van der Waals surface area (Å²) in [6.45, 7) is 1.25. The Kier molecular flexibility index (Phi) is 8.78. The number of likely N-dealkylation sites (tertiary alicyclic amines) is 1. The highest BCUT2D eigenvalue weighted by molar-refractivity contribution is 7.99. The molecule has 0 radical (unpaired) electrons. The molecule has 1 fully saturated rings. The lowest BCUT2D eigenvalue weighted by Gasteiger charge is -2.30. The van der Waals surface area contributed by atoms with Crippen LogP contribution >= 0.6 is 11.8 Å². The number of thioether (sulfide) groups is 1. The van der Waals surface area contributed by atoms with Gasteiger partial charge in [0.15, 0.2) is 5.16 Å². The number of carbonyl (C=O) groups is 2. The highest BCUT2D eigenvalue weighted by atomic mass is 32.2. The summed E-state index contributed by atoms with van der Waals surface area (Å²) >= 11 is 1.73. The second-order valence-corrected chi connectivity index (χ2v) is 10.9. The van der Waals surface area contributed by atoms with Gasteiger partial charge in [0.1, 0.15) is 0 Å². The molecule has 4 aromatic rings. The molecule has 0 saturated carbocycles. The maximum absolute atomic E-state index is 12.7. The minimum atomic E-state index is -0.251. The van der Waals surface area contributed by atoms with Gasteiger partial charge in [-0.1, -0.05) is 90.6 Å². The third kappa shape index (κ3) is 6.42. The number of rotatable bonds is 10. The van der Waals surface area contributed by atoms with E-state index in [2.05, 4.69) is 65.2 Å². The molecule has 0 spiro atoms. The van der Waals surface area contributed by atoms with Crippen molar-refractivity contribution in [2.75, 3.05) is 18.8 Å². The van der Waals surface area contributed by atoms with Crippen LogP contribution < -0.4 is 5.73 Å². The van der Waals surface area contributed by atoms with E-state index < -0.39 is 0 Å². The van der Waals surface area contributed by atoms with Gasteiger partial charge in [-0.25, -0.2) is 4.98 Å². The zero-order valence-electron chi connectivity index (χ0n) is 22.0. The van der Waals surface area contributed by atoms with E-state index in [0.717, 1.165) is 52.0 Å². The number of amides is 2. The van der Waals surface area contributed by atoms with Gasteiger partial charge in [-0.05, 0) is 37.8 Å². The van der Waals surface area contributed by atoms with Gasteiger partial charge >= 0.3 is 0 Å². The summed E-state index contributed by atoms with van der Waals surface area (Å²) in [6.07, 6.45) is 3.61. The number of imidazole rings is 1. The Bertz CT molecular complexity index is 1380. The van der Waals surface area contributed by atoms with Crippen LogP contribution in [0.15, 0.2) is 96.2 Å². The quantitative estimate of drug-likeness (QED) is 0.193. The van der Waals surface area contributed by atoms with Crippen molar-refractivity contribution in [3.8, 4) is 28.2 Å². The second-order valence-electron chi connectivity index (χ2n) is 9.86. The van der Waals surface area contributed by atoms with Crippen molar-refractivity contribution >= 4 is 23.6 Å². The maximum atomic E-state index is 12.7. The Morgan fingerprint density at radius 2 is 1.41 bits per heavy atom. The Balaban J connectivity index is 1.32. The molecule has 2 N–H and O–H groups in total. The molecule has 0 unspecified atom stereocenters. The van der Waals surface area contributed by atoms with Crippen molar-refractivity contribution in [1.82, 2.24) is 14.5 Å². The van der Waals surface area contributed by atoms with Gasteiger partial charge < -0.3 is 10.6 Å². The topological polar surface area (TPSA) is 81.2 Å². The van der Waals surface area contributed by atoms with Crippen molar-refractivity contribution in [2.45, 2.75) is 37.3 Å². The molecule has 3 aromatic carbocycles. The lowest BCUT2D eigenvalue weighted by atomic mass is 9.96. The maximum Gasteiger partial charge on any atom is 0.222 e. The fourth-order valence-electron chi connectivity index (χ4n) is 5.09. The molecule has 5 rings (SSSR count). The van der Waals surface area contributed by atoms with Crippen LogP contribution in [0.3, 0.4) is 0 Å². The van der Waals surface area contributed by atoms with Crippen LogP contribution in [0, 0.1) is 5.92 Å². The summed E-state index contributed by atoms with van der Waals surface area (Å²) in [7, 11) is 0. The van der Waals surface area contributed by atoms with Crippen LogP contribution in [0.2, 0.25) is 0 Å². The molecule has 0 aliphatic carbocycles. The average Bonchev–Trinajstić information content (AvgIpc) is 3.37. The van der Waals surface area contributed by atoms with Crippen LogP contribution in [0.25, 0.3) is 28.2 Å². The van der Waals surface area contributed by atoms with Crippen molar-refractivity contribution in [2.24, 2.45) is 11.7 Å². The van der Waals surface area contributed by atoms with Gasteiger partial charge in [0.25, 0.3) is 0 Å². The number of nitrogens with two attached hydrogens (primary N) is 1. The van der Waals surface area contributed by atoms with Crippen molar-refractivity contribution < 1.29 is 9.59 Å². The number of primary amides is 1. The summed E-state index contributed by atoms with van der Waals surface area (Å²) in [5, 5.41) is 0.943.